The Bertz CT molecular complexity index is 523. The number of nitrogens with one attached hydrogen (secondary N) is 2. The van der Waals surface area contributed by atoms with Crippen molar-refractivity contribution in [3.8, 4) is 11.5 Å². The highest BCUT2D eigenvalue weighted by Crippen LogP contribution is 2.40. The van der Waals surface area contributed by atoms with Crippen LogP contribution >= 0.6 is 15.9 Å². The summed E-state index contributed by atoms with van der Waals surface area (Å²) in [7, 11) is 1.71. The van der Waals surface area contributed by atoms with Crippen LogP contribution in [-0.4, -0.2) is 39.6 Å². The molecule has 0 spiro atoms. The summed E-state index contributed by atoms with van der Waals surface area (Å²) in [4.78, 5) is 4.58. The average molecular weight is 372 g/mol. The monoisotopic (exact) mass is 371 g/mol. The Morgan fingerprint density at radius 2 is 2.23 bits per heavy atom. The SMILES string of the molecule is CCNC(=NCc1cc(Br)c2c(c1)OCO2)NCCCOC. The second-order valence-corrected chi connectivity index (χ2v) is 5.63. The molecule has 0 amide bonds. The minimum atomic E-state index is 0.268. The van der Waals surface area contributed by atoms with E-state index in [1.807, 2.05) is 19.1 Å². The number of benzene rings is 1. The van der Waals surface area contributed by atoms with Gasteiger partial charge in [0.05, 0.1) is 11.0 Å². The highest BCUT2D eigenvalue weighted by atomic mass is 79.9. The Kier molecular flexibility index (Phi) is 6.79. The van der Waals surface area contributed by atoms with E-state index < -0.39 is 0 Å². The van der Waals surface area contributed by atoms with Crippen molar-refractivity contribution in [3.63, 3.8) is 0 Å². The van der Waals surface area contributed by atoms with Crippen LogP contribution in [0, 0.1) is 0 Å². The molecule has 0 bridgehead atoms. The van der Waals surface area contributed by atoms with Gasteiger partial charge in [-0.25, -0.2) is 4.99 Å². The van der Waals surface area contributed by atoms with Gasteiger partial charge in [0.15, 0.2) is 17.5 Å². The number of nitrogens with zero attached hydrogens (tertiary/aromatic N) is 1. The molecule has 0 aliphatic carbocycles. The number of hydrogen-bond acceptors (Lipinski definition) is 4. The lowest BCUT2D eigenvalue weighted by Crippen LogP contribution is -2.38. The van der Waals surface area contributed by atoms with Crippen LogP contribution in [0.25, 0.3) is 0 Å². The molecule has 0 saturated carbocycles. The third kappa shape index (κ3) is 4.78. The fourth-order valence-electron chi connectivity index (χ4n) is 2.05. The maximum atomic E-state index is 5.42. The summed E-state index contributed by atoms with van der Waals surface area (Å²) in [5, 5.41) is 6.51. The summed E-state index contributed by atoms with van der Waals surface area (Å²) in [6.07, 6.45) is 0.941. The van der Waals surface area contributed by atoms with E-state index in [9.17, 15) is 0 Å². The van der Waals surface area contributed by atoms with Crippen LogP contribution in [0.2, 0.25) is 0 Å². The minimum absolute atomic E-state index is 0.268. The zero-order valence-corrected chi connectivity index (χ0v) is 14.5. The van der Waals surface area contributed by atoms with Gasteiger partial charge in [-0.15, -0.1) is 0 Å². The summed E-state index contributed by atoms with van der Waals surface area (Å²) < 4.78 is 16.7. The molecule has 0 atom stereocenters. The van der Waals surface area contributed by atoms with Crippen molar-refractivity contribution in [1.29, 1.82) is 0 Å². The fourth-order valence-corrected chi connectivity index (χ4v) is 2.65. The maximum Gasteiger partial charge on any atom is 0.231 e. The van der Waals surface area contributed by atoms with Gasteiger partial charge in [-0.2, -0.15) is 0 Å². The average Bonchev–Trinajstić information content (AvgIpc) is 2.98. The molecule has 1 heterocycles. The quantitative estimate of drug-likeness (QED) is 0.437. The molecule has 22 heavy (non-hydrogen) atoms. The summed E-state index contributed by atoms with van der Waals surface area (Å²) >= 11 is 3.50. The van der Waals surface area contributed by atoms with Crippen LogP contribution in [-0.2, 0) is 11.3 Å². The Balaban J connectivity index is 1.96. The topological polar surface area (TPSA) is 64.1 Å². The molecule has 0 saturated heterocycles. The summed E-state index contributed by atoms with van der Waals surface area (Å²) in [6, 6.07) is 3.97. The number of methoxy groups -OCH3 is 1. The Labute approximate surface area is 139 Å². The lowest BCUT2D eigenvalue weighted by Gasteiger charge is -2.11. The molecule has 1 aliphatic heterocycles. The lowest BCUT2D eigenvalue weighted by atomic mass is 10.2. The Morgan fingerprint density at radius 1 is 1.36 bits per heavy atom. The third-order valence-corrected chi connectivity index (χ3v) is 3.66. The van der Waals surface area contributed by atoms with E-state index in [0.717, 1.165) is 53.6 Å². The lowest BCUT2D eigenvalue weighted by molar-refractivity contribution is 0.173. The molecule has 0 aromatic heterocycles. The van der Waals surface area contributed by atoms with E-state index in [2.05, 4.69) is 31.6 Å². The van der Waals surface area contributed by atoms with Gasteiger partial charge in [-0.1, -0.05) is 0 Å². The van der Waals surface area contributed by atoms with Crippen LogP contribution in [0.15, 0.2) is 21.6 Å². The second kappa shape index (κ2) is 8.85. The highest BCUT2D eigenvalue weighted by molar-refractivity contribution is 9.10. The van der Waals surface area contributed by atoms with Crippen molar-refractivity contribution in [2.24, 2.45) is 4.99 Å². The number of halogens is 1. The standard InChI is InChI=1S/C15H22BrN3O3/c1-3-17-15(18-5-4-6-20-2)19-9-11-7-12(16)14-13(8-11)21-10-22-14/h7-8H,3-6,9-10H2,1-2H3,(H2,17,18,19). The number of hydrogen-bond donors (Lipinski definition) is 2. The van der Waals surface area contributed by atoms with Gasteiger partial charge in [-0.3, -0.25) is 0 Å². The first-order chi connectivity index (χ1) is 10.7. The fraction of sp³-hybridized carbons (Fsp3) is 0.533. The molecule has 1 aromatic carbocycles. The first-order valence-electron chi connectivity index (χ1n) is 7.33. The van der Waals surface area contributed by atoms with E-state index in [0.29, 0.717) is 6.54 Å². The molecular formula is C15H22BrN3O3. The molecular weight excluding hydrogens is 350 g/mol. The summed E-state index contributed by atoms with van der Waals surface area (Å²) in [6.45, 7) is 5.26. The van der Waals surface area contributed by atoms with Crippen LogP contribution in [0.3, 0.4) is 0 Å². The van der Waals surface area contributed by atoms with Crippen molar-refractivity contribution < 1.29 is 14.2 Å². The molecule has 0 radical (unpaired) electrons. The van der Waals surface area contributed by atoms with E-state index in [1.165, 1.54) is 0 Å². The summed E-state index contributed by atoms with van der Waals surface area (Å²) in [5.74, 6) is 2.32. The molecule has 1 aliphatic rings. The zero-order chi connectivity index (χ0) is 15.8. The highest BCUT2D eigenvalue weighted by Gasteiger charge is 2.17. The van der Waals surface area contributed by atoms with Gasteiger partial charge in [0.25, 0.3) is 0 Å². The van der Waals surface area contributed by atoms with Gasteiger partial charge in [-0.05, 0) is 47.0 Å². The number of rotatable bonds is 7. The molecule has 2 N–H and O–H groups in total. The van der Waals surface area contributed by atoms with Crippen molar-refractivity contribution >= 4 is 21.9 Å². The van der Waals surface area contributed by atoms with Crippen LogP contribution in [0.4, 0.5) is 0 Å². The smallest absolute Gasteiger partial charge is 0.231 e. The van der Waals surface area contributed by atoms with Gasteiger partial charge in [0, 0.05) is 26.8 Å². The van der Waals surface area contributed by atoms with Gasteiger partial charge in [0.2, 0.25) is 6.79 Å². The molecule has 0 fully saturated rings. The van der Waals surface area contributed by atoms with Crippen molar-refractivity contribution in [1.82, 2.24) is 10.6 Å². The van der Waals surface area contributed by atoms with E-state index >= 15 is 0 Å². The normalized spacial score (nSPS) is 13.3. The predicted octanol–water partition coefficient (Wildman–Crippen LogP) is 2.27. The minimum Gasteiger partial charge on any atom is -0.454 e. The van der Waals surface area contributed by atoms with E-state index in [1.54, 1.807) is 7.11 Å². The van der Waals surface area contributed by atoms with Gasteiger partial charge < -0.3 is 24.8 Å². The number of aliphatic imine (C=N–C) groups is 1. The molecule has 1 aromatic rings. The first kappa shape index (κ1) is 16.9. The predicted molar refractivity (Wildman–Crippen MR) is 89.6 cm³/mol. The summed E-state index contributed by atoms with van der Waals surface area (Å²) in [5.41, 5.74) is 1.06. The molecule has 122 valence electrons. The second-order valence-electron chi connectivity index (χ2n) is 4.78. The zero-order valence-electron chi connectivity index (χ0n) is 12.9. The van der Waals surface area contributed by atoms with Crippen molar-refractivity contribution in [2.45, 2.75) is 19.9 Å². The van der Waals surface area contributed by atoms with Crippen LogP contribution < -0.4 is 20.1 Å². The number of guanidine groups is 1. The van der Waals surface area contributed by atoms with Crippen molar-refractivity contribution in [2.75, 3.05) is 33.6 Å². The molecule has 7 heteroatoms. The number of fused-ring (bicyclic) bond motifs is 1. The van der Waals surface area contributed by atoms with Crippen LogP contribution in [0.1, 0.15) is 18.9 Å². The molecule has 6 nitrogen and oxygen atoms in total. The molecule has 2 rings (SSSR count). The Morgan fingerprint density at radius 3 is 3.00 bits per heavy atom. The van der Waals surface area contributed by atoms with E-state index in [-0.39, 0.29) is 6.79 Å². The largest absolute Gasteiger partial charge is 0.454 e. The third-order valence-electron chi connectivity index (χ3n) is 3.07. The van der Waals surface area contributed by atoms with Gasteiger partial charge in [0.1, 0.15) is 0 Å². The number of ether oxygens (including phenoxy) is 3. The Hall–Kier alpha value is -1.47. The molecule has 0 unspecified atom stereocenters. The van der Waals surface area contributed by atoms with Crippen LogP contribution in [0.5, 0.6) is 11.5 Å². The first-order valence-corrected chi connectivity index (χ1v) is 8.13. The van der Waals surface area contributed by atoms with E-state index in [4.69, 9.17) is 14.2 Å². The maximum absolute atomic E-state index is 5.42. The van der Waals surface area contributed by atoms with Gasteiger partial charge >= 0.3 is 0 Å². The van der Waals surface area contributed by atoms with Crippen molar-refractivity contribution in [3.05, 3.63) is 22.2 Å².